The van der Waals surface area contributed by atoms with E-state index >= 15 is 0 Å². The first kappa shape index (κ1) is 15.9. The number of aromatic amines is 1. The minimum atomic E-state index is -3.28. The van der Waals surface area contributed by atoms with Crippen molar-refractivity contribution in [3.05, 3.63) is 54.6 Å². The fourth-order valence-corrected chi connectivity index (χ4v) is 2.74. The fourth-order valence-electron chi connectivity index (χ4n) is 2.18. The third-order valence-corrected chi connectivity index (χ3v) is 3.87. The average Bonchev–Trinajstić information content (AvgIpc) is 2.97. The summed E-state index contributed by atoms with van der Waals surface area (Å²) in [5.74, 6) is 0.658. The predicted molar refractivity (Wildman–Crippen MR) is 96.6 cm³/mol. The fraction of sp³-hybridized carbons (Fsp3) is 0.0625. The van der Waals surface area contributed by atoms with Gasteiger partial charge in [-0.05, 0) is 42.0 Å². The molecule has 0 fully saturated rings. The zero-order valence-electron chi connectivity index (χ0n) is 12.9. The molecule has 0 amide bonds. The molecule has 3 rings (SSSR count). The lowest BCUT2D eigenvalue weighted by Crippen LogP contribution is -2.09. The van der Waals surface area contributed by atoms with E-state index in [2.05, 4.69) is 20.2 Å². The number of benzene rings is 2. The highest BCUT2D eigenvalue weighted by atomic mass is 32.2. The maximum atomic E-state index is 11.2. The van der Waals surface area contributed by atoms with E-state index in [0.717, 1.165) is 23.2 Å². The number of nitrogens with one attached hydrogen (secondary N) is 3. The van der Waals surface area contributed by atoms with Crippen LogP contribution in [0.4, 0.5) is 22.9 Å². The van der Waals surface area contributed by atoms with Crippen molar-refractivity contribution in [2.75, 3.05) is 22.0 Å². The molecule has 0 saturated heterocycles. The lowest BCUT2D eigenvalue weighted by atomic mass is 10.1. The molecule has 0 unspecified atom stereocenters. The van der Waals surface area contributed by atoms with E-state index in [1.807, 2.05) is 30.3 Å². The number of H-pyrrole nitrogens is 1. The number of hydrogen-bond donors (Lipinski definition) is 4. The maximum absolute atomic E-state index is 11.2. The molecule has 0 spiro atoms. The number of nitrogens with zero attached hydrogens (tertiary/aromatic N) is 1. The summed E-state index contributed by atoms with van der Waals surface area (Å²) in [4.78, 5) is 0. The highest BCUT2D eigenvalue weighted by molar-refractivity contribution is 7.92. The minimum absolute atomic E-state index is 0.507. The van der Waals surface area contributed by atoms with Gasteiger partial charge in [-0.2, -0.15) is 5.10 Å². The summed E-state index contributed by atoms with van der Waals surface area (Å²) in [6, 6.07) is 16.3. The number of aromatic nitrogens is 2. The largest absolute Gasteiger partial charge is 0.399 e. The Morgan fingerprint density at radius 3 is 2.25 bits per heavy atom. The van der Waals surface area contributed by atoms with E-state index in [0.29, 0.717) is 17.2 Å². The minimum Gasteiger partial charge on any atom is -0.399 e. The summed E-state index contributed by atoms with van der Waals surface area (Å²) < 4.78 is 24.8. The van der Waals surface area contributed by atoms with Crippen LogP contribution in [-0.4, -0.2) is 24.9 Å². The van der Waals surface area contributed by atoms with Gasteiger partial charge in [0.15, 0.2) is 5.82 Å². The first-order valence-electron chi connectivity index (χ1n) is 7.15. The van der Waals surface area contributed by atoms with Crippen LogP contribution in [0.1, 0.15) is 0 Å². The second-order valence-corrected chi connectivity index (χ2v) is 7.11. The summed E-state index contributed by atoms with van der Waals surface area (Å²) in [7, 11) is -3.28. The molecule has 1 heterocycles. The van der Waals surface area contributed by atoms with Crippen LogP contribution >= 0.6 is 0 Å². The Morgan fingerprint density at radius 2 is 1.62 bits per heavy atom. The van der Waals surface area contributed by atoms with Crippen LogP contribution in [0.3, 0.4) is 0 Å². The normalized spacial score (nSPS) is 11.2. The van der Waals surface area contributed by atoms with Gasteiger partial charge in [0.25, 0.3) is 0 Å². The van der Waals surface area contributed by atoms with Crippen molar-refractivity contribution in [2.45, 2.75) is 0 Å². The van der Waals surface area contributed by atoms with Crippen LogP contribution < -0.4 is 15.8 Å². The van der Waals surface area contributed by atoms with Gasteiger partial charge in [0, 0.05) is 23.1 Å². The summed E-state index contributed by atoms with van der Waals surface area (Å²) in [6.45, 7) is 0. The molecule has 1 aromatic heterocycles. The monoisotopic (exact) mass is 343 g/mol. The molecule has 2 aromatic carbocycles. The Morgan fingerprint density at radius 1 is 1.00 bits per heavy atom. The van der Waals surface area contributed by atoms with E-state index in [1.54, 1.807) is 24.3 Å². The van der Waals surface area contributed by atoms with Crippen molar-refractivity contribution in [1.29, 1.82) is 0 Å². The number of rotatable bonds is 5. The molecule has 0 aliphatic carbocycles. The second kappa shape index (κ2) is 6.25. The third-order valence-electron chi connectivity index (χ3n) is 3.26. The van der Waals surface area contributed by atoms with Crippen molar-refractivity contribution in [3.63, 3.8) is 0 Å². The second-order valence-electron chi connectivity index (χ2n) is 5.37. The lowest BCUT2D eigenvalue weighted by Gasteiger charge is -2.06. The van der Waals surface area contributed by atoms with Crippen molar-refractivity contribution >= 4 is 32.9 Å². The van der Waals surface area contributed by atoms with E-state index in [1.165, 1.54) is 0 Å². The van der Waals surface area contributed by atoms with E-state index in [9.17, 15) is 8.42 Å². The molecule has 3 aromatic rings. The van der Waals surface area contributed by atoms with Gasteiger partial charge in [-0.1, -0.05) is 12.1 Å². The van der Waals surface area contributed by atoms with E-state index in [4.69, 9.17) is 5.73 Å². The molecule has 5 N–H and O–H groups in total. The van der Waals surface area contributed by atoms with Gasteiger partial charge in [-0.25, -0.2) is 8.42 Å². The lowest BCUT2D eigenvalue weighted by molar-refractivity contribution is 0.607. The maximum Gasteiger partial charge on any atom is 0.229 e. The van der Waals surface area contributed by atoms with E-state index in [-0.39, 0.29) is 0 Å². The van der Waals surface area contributed by atoms with Gasteiger partial charge in [0.1, 0.15) is 0 Å². The molecule has 0 atom stereocenters. The Kier molecular flexibility index (Phi) is 4.13. The Hall–Kier alpha value is -3.00. The molecule has 0 bridgehead atoms. The summed E-state index contributed by atoms with van der Waals surface area (Å²) in [5.41, 5.74) is 9.54. The Labute approximate surface area is 140 Å². The molecule has 7 nitrogen and oxygen atoms in total. The van der Waals surface area contributed by atoms with Gasteiger partial charge in [0.05, 0.1) is 11.9 Å². The highest BCUT2D eigenvalue weighted by Crippen LogP contribution is 2.23. The van der Waals surface area contributed by atoms with Crippen LogP contribution in [0.25, 0.3) is 11.3 Å². The van der Waals surface area contributed by atoms with Crippen LogP contribution in [0.5, 0.6) is 0 Å². The average molecular weight is 343 g/mol. The first-order valence-corrected chi connectivity index (χ1v) is 9.04. The van der Waals surface area contributed by atoms with Crippen LogP contribution in [-0.2, 0) is 10.0 Å². The van der Waals surface area contributed by atoms with Gasteiger partial charge in [-0.15, -0.1) is 0 Å². The molecule has 8 heteroatoms. The number of nitrogen functional groups attached to an aromatic ring is 1. The quantitative estimate of drug-likeness (QED) is 0.532. The Bertz CT molecular complexity index is 931. The van der Waals surface area contributed by atoms with E-state index < -0.39 is 10.0 Å². The van der Waals surface area contributed by atoms with Crippen LogP contribution in [0.15, 0.2) is 54.6 Å². The van der Waals surface area contributed by atoms with Crippen molar-refractivity contribution in [2.24, 2.45) is 0 Å². The molecule has 0 saturated carbocycles. The topological polar surface area (TPSA) is 113 Å². The number of sulfonamides is 1. The summed E-state index contributed by atoms with van der Waals surface area (Å²) >= 11 is 0. The molecule has 0 aliphatic heterocycles. The summed E-state index contributed by atoms with van der Waals surface area (Å²) in [6.07, 6.45) is 1.11. The predicted octanol–water partition coefficient (Wildman–Crippen LogP) is 2.77. The smallest absolute Gasteiger partial charge is 0.229 e. The molecule has 24 heavy (non-hydrogen) atoms. The van der Waals surface area contributed by atoms with Crippen molar-refractivity contribution in [1.82, 2.24) is 10.2 Å². The zero-order valence-corrected chi connectivity index (χ0v) is 13.8. The zero-order chi connectivity index (χ0) is 17.2. The molecule has 124 valence electrons. The standard InChI is InChI=1S/C16H17N5O2S/c1-24(22,23)21-14-8-6-13(7-9-14)18-16-10-15(19-20-16)11-2-4-12(17)5-3-11/h2-10,21H,17H2,1H3,(H2,18,19,20). The van der Waals surface area contributed by atoms with Crippen LogP contribution in [0.2, 0.25) is 0 Å². The number of nitrogens with two attached hydrogens (primary N) is 1. The van der Waals surface area contributed by atoms with Gasteiger partial charge in [0.2, 0.25) is 10.0 Å². The molecular formula is C16H17N5O2S. The van der Waals surface area contributed by atoms with Gasteiger partial charge < -0.3 is 11.1 Å². The third kappa shape index (κ3) is 4.05. The van der Waals surface area contributed by atoms with Crippen molar-refractivity contribution in [3.8, 4) is 11.3 Å². The van der Waals surface area contributed by atoms with Gasteiger partial charge in [-0.3, -0.25) is 9.82 Å². The van der Waals surface area contributed by atoms with Gasteiger partial charge >= 0.3 is 0 Å². The number of anilines is 4. The Balaban J connectivity index is 1.71. The SMILES string of the molecule is CS(=O)(=O)Nc1ccc(Nc2cc(-c3ccc(N)cc3)[nH]n2)cc1. The van der Waals surface area contributed by atoms with Crippen molar-refractivity contribution < 1.29 is 8.42 Å². The summed E-state index contributed by atoms with van der Waals surface area (Å²) in [5, 5.41) is 10.3. The molecule has 0 radical (unpaired) electrons. The number of hydrogen-bond acceptors (Lipinski definition) is 5. The molecular weight excluding hydrogens is 326 g/mol. The highest BCUT2D eigenvalue weighted by Gasteiger charge is 2.05. The first-order chi connectivity index (χ1) is 11.4. The van der Waals surface area contributed by atoms with Crippen LogP contribution in [0, 0.1) is 0 Å². The molecule has 0 aliphatic rings.